The third kappa shape index (κ3) is 3.04. The van der Waals surface area contributed by atoms with Gasteiger partial charge in [-0.3, -0.25) is 20.6 Å². The van der Waals surface area contributed by atoms with Crippen molar-refractivity contribution < 1.29 is 4.92 Å². The first-order valence-corrected chi connectivity index (χ1v) is 6.44. The van der Waals surface area contributed by atoms with E-state index in [2.05, 4.69) is 10.5 Å². The molecular weight excluding hydrogens is 266 g/mol. The predicted molar refractivity (Wildman–Crippen MR) is 73.7 cm³/mol. The molecule has 1 aromatic carbocycles. The Kier molecular flexibility index (Phi) is 4.03. The summed E-state index contributed by atoms with van der Waals surface area (Å²) < 4.78 is 1.71. The van der Waals surface area contributed by atoms with Crippen LogP contribution in [0.15, 0.2) is 35.5 Å². The predicted octanol–water partition coefficient (Wildman–Crippen LogP) is 1.91. The minimum atomic E-state index is -0.451. The number of aryl methyl sites for hydroxylation is 1. The van der Waals surface area contributed by atoms with Gasteiger partial charge in [-0.25, -0.2) is 0 Å². The van der Waals surface area contributed by atoms with Gasteiger partial charge in [0.25, 0.3) is 5.69 Å². The van der Waals surface area contributed by atoms with Crippen molar-refractivity contribution in [3.63, 3.8) is 0 Å². The number of hydrazine groups is 1. The number of hydrogen-bond donors (Lipinski definition) is 2. The zero-order valence-corrected chi connectivity index (χ0v) is 11.1. The summed E-state index contributed by atoms with van der Waals surface area (Å²) in [5, 5.41) is 15.0. The van der Waals surface area contributed by atoms with Gasteiger partial charge in [0.15, 0.2) is 0 Å². The molecule has 0 aliphatic rings. The second-order valence-electron chi connectivity index (χ2n) is 3.85. The van der Waals surface area contributed by atoms with Gasteiger partial charge in [-0.1, -0.05) is 12.1 Å². The summed E-state index contributed by atoms with van der Waals surface area (Å²) in [7, 11) is 1.84. The minimum Gasteiger partial charge on any atom is -0.318 e. The summed E-state index contributed by atoms with van der Waals surface area (Å²) in [5.74, 6) is 5.96. The van der Waals surface area contributed by atoms with Crippen molar-refractivity contribution in [2.45, 2.75) is 10.6 Å². The Labute approximate surface area is 113 Å². The average Bonchev–Trinajstić information content (AvgIpc) is 2.81. The number of para-hydroxylation sites is 1. The molecule has 7 nitrogen and oxygen atoms in total. The fraction of sp³-hybridized carbons (Fsp3) is 0.182. The molecule has 1 heterocycles. The first kappa shape index (κ1) is 13.4. The van der Waals surface area contributed by atoms with Crippen LogP contribution in [-0.4, -0.2) is 14.7 Å². The summed E-state index contributed by atoms with van der Waals surface area (Å²) in [6.07, 6.45) is 3.63. The number of nitrogens with zero attached hydrogens (tertiary/aromatic N) is 3. The Morgan fingerprint density at radius 3 is 2.95 bits per heavy atom. The highest BCUT2D eigenvalue weighted by Gasteiger charge is 2.16. The molecule has 0 bridgehead atoms. The molecule has 0 aliphatic carbocycles. The number of anilines is 1. The number of rotatable bonds is 5. The number of nitrogens with two attached hydrogens (primary N) is 1. The molecule has 1 aromatic heterocycles. The Bertz CT molecular complexity index is 599. The van der Waals surface area contributed by atoms with Crippen molar-refractivity contribution >= 4 is 23.1 Å². The molecular formula is C11H13N5O2S. The quantitative estimate of drug-likeness (QED) is 0.375. The molecule has 3 N–H and O–H groups in total. The van der Waals surface area contributed by atoms with Crippen LogP contribution in [0.3, 0.4) is 0 Å². The van der Waals surface area contributed by atoms with Gasteiger partial charge >= 0.3 is 0 Å². The van der Waals surface area contributed by atoms with E-state index < -0.39 is 4.92 Å². The molecule has 0 atom stereocenters. The first-order valence-electron chi connectivity index (χ1n) is 5.46. The van der Waals surface area contributed by atoms with Crippen molar-refractivity contribution in [2.75, 3.05) is 5.43 Å². The van der Waals surface area contributed by atoms with E-state index in [1.54, 1.807) is 28.7 Å². The minimum absolute atomic E-state index is 0.0215. The van der Waals surface area contributed by atoms with Crippen molar-refractivity contribution in [3.8, 4) is 0 Å². The van der Waals surface area contributed by atoms with Gasteiger partial charge < -0.3 is 5.43 Å². The summed E-state index contributed by atoms with van der Waals surface area (Å²) in [5.41, 5.74) is 3.52. The normalized spacial score (nSPS) is 10.4. The Balaban J connectivity index is 2.20. The monoisotopic (exact) mass is 279 g/mol. The third-order valence-corrected chi connectivity index (χ3v) is 3.54. The fourth-order valence-electron chi connectivity index (χ4n) is 1.66. The number of thioether (sulfide) groups is 1. The van der Waals surface area contributed by atoms with E-state index in [4.69, 9.17) is 5.84 Å². The summed E-state index contributed by atoms with van der Waals surface area (Å²) >= 11 is 1.54. The molecule has 100 valence electrons. The molecule has 2 rings (SSSR count). The molecule has 0 radical (unpaired) electrons. The van der Waals surface area contributed by atoms with Crippen LogP contribution in [0.4, 0.5) is 11.4 Å². The van der Waals surface area contributed by atoms with Crippen molar-refractivity contribution in [1.82, 2.24) is 9.78 Å². The number of benzene rings is 1. The zero-order valence-electron chi connectivity index (χ0n) is 10.2. The molecule has 0 unspecified atom stereocenters. The smallest absolute Gasteiger partial charge is 0.293 e. The van der Waals surface area contributed by atoms with Gasteiger partial charge in [0.05, 0.1) is 11.1 Å². The highest BCUT2D eigenvalue weighted by molar-refractivity contribution is 7.98. The molecule has 0 aliphatic heterocycles. The Hall–Kier alpha value is -2.06. The molecule has 19 heavy (non-hydrogen) atoms. The highest BCUT2D eigenvalue weighted by Crippen LogP contribution is 2.32. The number of nitrogen functional groups attached to an aromatic ring is 1. The number of nitro benzene ring substituents is 1. The SMILES string of the molecule is Cn1cc(SCc2cccc([N+](=O)[O-])c2NN)cn1. The van der Waals surface area contributed by atoms with Gasteiger partial charge in [-0.15, -0.1) is 11.8 Å². The van der Waals surface area contributed by atoms with E-state index in [-0.39, 0.29) is 5.69 Å². The van der Waals surface area contributed by atoms with Gasteiger partial charge in [0.1, 0.15) is 5.69 Å². The maximum absolute atomic E-state index is 10.9. The average molecular weight is 279 g/mol. The largest absolute Gasteiger partial charge is 0.318 e. The van der Waals surface area contributed by atoms with Crippen LogP contribution in [0, 0.1) is 10.1 Å². The van der Waals surface area contributed by atoms with E-state index in [9.17, 15) is 10.1 Å². The lowest BCUT2D eigenvalue weighted by Crippen LogP contribution is -2.11. The van der Waals surface area contributed by atoms with Crippen molar-refractivity contribution in [1.29, 1.82) is 0 Å². The first-order chi connectivity index (χ1) is 9.11. The van der Waals surface area contributed by atoms with Crippen LogP contribution in [0.2, 0.25) is 0 Å². The van der Waals surface area contributed by atoms with Crippen molar-refractivity contribution in [2.24, 2.45) is 12.9 Å². The van der Waals surface area contributed by atoms with E-state index in [0.717, 1.165) is 10.5 Å². The number of nitro groups is 1. The Morgan fingerprint density at radius 2 is 2.37 bits per heavy atom. The van der Waals surface area contributed by atoms with Crippen LogP contribution in [-0.2, 0) is 12.8 Å². The van der Waals surface area contributed by atoms with E-state index >= 15 is 0 Å². The molecule has 0 saturated heterocycles. The Morgan fingerprint density at radius 1 is 1.58 bits per heavy atom. The van der Waals surface area contributed by atoms with Crippen LogP contribution in [0.25, 0.3) is 0 Å². The number of nitrogens with one attached hydrogen (secondary N) is 1. The zero-order chi connectivity index (χ0) is 13.8. The van der Waals surface area contributed by atoms with Gasteiger partial charge in [-0.2, -0.15) is 5.10 Å². The maximum Gasteiger partial charge on any atom is 0.293 e. The molecule has 2 aromatic rings. The van der Waals surface area contributed by atoms with Crippen LogP contribution >= 0.6 is 11.8 Å². The molecule has 0 fully saturated rings. The van der Waals surface area contributed by atoms with Crippen LogP contribution in [0.1, 0.15) is 5.56 Å². The van der Waals surface area contributed by atoms with E-state index in [1.165, 1.54) is 6.07 Å². The van der Waals surface area contributed by atoms with Gasteiger partial charge in [0, 0.05) is 30.0 Å². The van der Waals surface area contributed by atoms with Crippen molar-refractivity contribution in [3.05, 3.63) is 46.3 Å². The third-order valence-electron chi connectivity index (χ3n) is 2.55. The lowest BCUT2D eigenvalue weighted by Gasteiger charge is -2.08. The maximum atomic E-state index is 10.9. The lowest BCUT2D eigenvalue weighted by molar-refractivity contribution is -0.384. The summed E-state index contributed by atoms with van der Waals surface area (Å²) in [6, 6.07) is 4.89. The lowest BCUT2D eigenvalue weighted by atomic mass is 10.2. The molecule has 0 amide bonds. The van der Waals surface area contributed by atoms with Crippen LogP contribution < -0.4 is 11.3 Å². The fourth-order valence-corrected chi connectivity index (χ4v) is 2.57. The van der Waals surface area contributed by atoms with E-state index in [0.29, 0.717) is 11.4 Å². The second-order valence-corrected chi connectivity index (χ2v) is 4.90. The van der Waals surface area contributed by atoms with Crippen LogP contribution in [0.5, 0.6) is 0 Å². The molecule has 0 saturated carbocycles. The standard InChI is InChI=1S/C11H13N5O2S/c1-15-6-9(5-13-15)19-7-8-3-2-4-10(16(17)18)11(8)14-12/h2-6,14H,7,12H2,1H3. The number of hydrogen-bond acceptors (Lipinski definition) is 6. The molecule has 0 spiro atoms. The second kappa shape index (κ2) is 5.72. The van der Waals surface area contributed by atoms with E-state index in [1.807, 2.05) is 19.3 Å². The van der Waals surface area contributed by atoms with Gasteiger partial charge in [-0.05, 0) is 5.56 Å². The highest BCUT2D eigenvalue weighted by atomic mass is 32.2. The topological polar surface area (TPSA) is 99.0 Å². The summed E-state index contributed by atoms with van der Waals surface area (Å²) in [4.78, 5) is 11.4. The molecule has 8 heteroatoms. The van der Waals surface area contributed by atoms with Gasteiger partial charge in [0.2, 0.25) is 0 Å². The number of aromatic nitrogens is 2. The summed E-state index contributed by atoms with van der Waals surface area (Å²) in [6.45, 7) is 0.